The molecule has 0 unspecified atom stereocenters. The molecule has 2 aromatic carbocycles. The second-order valence-electron chi connectivity index (χ2n) is 7.92. The zero-order chi connectivity index (χ0) is 23.1. The maximum atomic E-state index is 9.60. The summed E-state index contributed by atoms with van der Waals surface area (Å²) in [5, 5.41) is 16.1. The number of nitrogens with zero attached hydrogens (tertiary/aromatic N) is 6. The van der Waals surface area contributed by atoms with Gasteiger partial charge >= 0.3 is 0 Å². The summed E-state index contributed by atoms with van der Waals surface area (Å²) in [6, 6.07) is 23.6. The monoisotopic (exact) mass is 445 g/mol. The molecule has 0 spiro atoms. The van der Waals surface area contributed by atoms with Crippen molar-refractivity contribution in [1.29, 1.82) is 0 Å². The van der Waals surface area contributed by atoms with Gasteiger partial charge in [0, 0.05) is 34.3 Å². The molecule has 0 fully saturated rings. The topological polar surface area (TPSA) is 116 Å². The highest BCUT2D eigenvalue weighted by Crippen LogP contribution is 2.32. The molecule has 0 bridgehead atoms. The van der Waals surface area contributed by atoms with E-state index in [0.29, 0.717) is 34.7 Å². The molecule has 0 aliphatic carbocycles. The van der Waals surface area contributed by atoms with E-state index in [2.05, 4.69) is 39.2 Å². The van der Waals surface area contributed by atoms with E-state index in [9.17, 15) is 5.11 Å². The standard InChI is InChI=1S/C26H19N7O/c27-25-22-24(18-10-11-21(34)28-13-18)32-33(26(22)30-15-29-25)14-19-12-17-8-4-5-9-20(17)31-23(19)16-6-2-1-3-7-16/h1-13,15H,14H2,(H,28,34)(H2,27,29,30). The number of nitrogen functional groups attached to an aromatic ring is 1. The second-order valence-corrected chi connectivity index (χ2v) is 7.92. The molecule has 0 radical (unpaired) electrons. The van der Waals surface area contributed by atoms with Gasteiger partial charge < -0.3 is 10.8 Å². The number of hydrogen-bond donors (Lipinski definition) is 2. The average molecular weight is 445 g/mol. The van der Waals surface area contributed by atoms with Crippen molar-refractivity contribution in [1.82, 2.24) is 29.7 Å². The third-order valence-electron chi connectivity index (χ3n) is 5.75. The third-order valence-corrected chi connectivity index (χ3v) is 5.75. The normalized spacial score (nSPS) is 11.3. The van der Waals surface area contributed by atoms with Crippen molar-refractivity contribution >= 4 is 27.8 Å². The molecular formula is C26H19N7O. The molecular weight excluding hydrogens is 426 g/mol. The zero-order valence-corrected chi connectivity index (χ0v) is 18.0. The van der Waals surface area contributed by atoms with E-state index in [0.717, 1.165) is 27.7 Å². The first-order chi connectivity index (χ1) is 16.7. The van der Waals surface area contributed by atoms with Crippen molar-refractivity contribution in [2.45, 2.75) is 6.54 Å². The molecule has 0 atom stereocenters. The van der Waals surface area contributed by atoms with Gasteiger partial charge in [-0.25, -0.2) is 24.6 Å². The highest BCUT2D eigenvalue weighted by atomic mass is 16.3. The molecule has 6 aromatic rings. The predicted molar refractivity (Wildman–Crippen MR) is 131 cm³/mol. The minimum atomic E-state index is -0.0635. The van der Waals surface area contributed by atoms with Gasteiger partial charge in [0.05, 0.1) is 23.1 Å². The van der Waals surface area contributed by atoms with Crippen LogP contribution in [-0.2, 0) is 6.54 Å². The third kappa shape index (κ3) is 3.38. The Kier molecular flexibility index (Phi) is 4.62. The van der Waals surface area contributed by atoms with Gasteiger partial charge in [0.1, 0.15) is 17.8 Å². The molecule has 0 saturated carbocycles. The van der Waals surface area contributed by atoms with E-state index in [1.807, 2.05) is 41.1 Å². The zero-order valence-electron chi connectivity index (χ0n) is 18.0. The molecule has 0 aliphatic rings. The van der Waals surface area contributed by atoms with Gasteiger partial charge in [0.25, 0.3) is 0 Å². The number of anilines is 1. The van der Waals surface area contributed by atoms with Crippen molar-refractivity contribution in [3.05, 3.63) is 90.9 Å². The Balaban J connectivity index is 1.55. The van der Waals surface area contributed by atoms with Gasteiger partial charge in [0.2, 0.25) is 5.88 Å². The van der Waals surface area contributed by atoms with Crippen LogP contribution in [0.25, 0.3) is 44.5 Å². The lowest BCUT2D eigenvalue weighted by Crippen LogP contribution is -2.06. The predicted octanol–water partition coefficient (Wildman–Crippen LogP) is 4.44. The van der Waals surface area contributed by atoms with Gasteiger partial charge in [-0.15, -0.1) is 0 Å². The molecule has 0 amide bonds. The summed E-state index contributed by atoms with van der Waals surface area (Å²) in [4.78, 5) is 17.6. The number of para-hydroxylation sites is 1. The molecule has 4 aromatic heterocycles. The lowest BCUT2D eigenvalue weighted by atomic mass is 10.0. The van der Waals surface area contributed by atoms with Crippen LogP contribution < -0.4 is 5.73 Å². The van der Waals surface area contributed by atoms with E-state index in [4.69, 9.17) is 15.8 Å². The Morgan fingerprint density at radius 1 is 0.824 bits per heavy atom. The molecule has 3 N–H and O–H groups in total. The largest absolute Gasteiger partial charge is 0.493 e. The first kappa shape index (κ1) is 19.8. The summed E-state index contributed by atoms with van der Waals surface area (Å²) < 4.78 is 1.81. The molecule has 8 heteroatoms. The minimum Gasteiger partial charge on any atom is -0.493 e. The lowest BCUT2D eigenvalue weighted by molar-refractivity contribution is 0.453. The van der Waals surface area contributed by atoms with Crippen LogP contribution in [0.4, 0.5) is 5.82 Å². The fourth-order valence-corrected chi connectivity index (χ4v) is 4.16. The van der Waals surface area contributed by atoms with Gasteiger partial charge in [-0.1, -0.05) is 48.5 Å². The quantitative estimate of drug-likeness (QED) is 0.412. The summed E-state index contributed by atoms with van der Waals surface area (Å²) >= 11 is 0. The number of pyridine rings is 2. The van der Waals surface area contributed by atoms with Crippen molar-refractivity contribution in [3.8, 4) is 28.4 Å². The summed E-state index contributed by atoms with van der Waals surface area (Å²) in [5.41, 5.74) is 12.0. The number of benzene rings is 2. The Morgan fingerprint density at radius 3 is 2.47 bits per heavy atom. The Bertz CT molecular complexity index is 1640. The number of fused-ring (bicyclic) bond motifs is 2. The number of nitrogens with two attached hydrogens (primary N) is 1. The van der Waals surface area contributed by atoms with Crippen molar-refractivity contribution in [2.75, 3.05) is 5.73 Å². The molecule has 4 heterocycles. The van der Waals surface area contributed by atoms with E-state index in [1.54, 1.807) is 12.3 Å². The lowest BCUT2D eigenvalue weighted by Gasteiger charge is -2.12. The maximum absolute atomic E-state index is 9.60. The van der Waals surface area contributed by atoms with Crippen molar-refractivity contribution in [3.63, 3.8) is 0 Å². The van der Waals surface area contributed by atoms with Gasteiger partial charge in [-0.2, -0.15) is 5.10 Å². The fourth-order valence-electron chi connectivity index (χ4n) is 4.16. The van der Waals surface area contributed by atoms with Crippen LogP contribution in [-0.4, -0.2) is 34.8 Å². The molecule has 34 heavy (non-hydrogen) atoms. The van der Waals surface area contributed by atoms with Crippen molar-refractivity contribution in [2.24, 2.45) is 0 Å². The van der Waals surface area contributed by atoms with Crippen LogP contribution in [0.2, 0.25) is 0 Å². The van der Waals surface area contributed by atoms with E-state index >= 15 is 0 Å². The van der Waals surface area contributed by atoms with Crippen LogP contribution in [0, 0.1) is 0 Å². The van der Waals surface area contributed by atoms with E-state index < -0.39 is 0 Å². The summed E-state index contributed by atoms with van der Waals surface area (Å²) in [6.45, 7) is 0.431. The van der Waals surface area contributed by atoms with Crippen molar-refractivity contribution < 1.29 is 5.11 Å². The van der Waals surface area contributed by atoms with Crippen LogP contribution in [0.5, 0.6) is 5.88 Å². The molecule has 0 saturated heterocycles. The van der Waals surface area contributed by atoms with Gasteiger partial charge in [-0.3, -0.25) is 0 Å². The minimum absolute atomic E-state index is 0.0635. The Labute approximate surface area is 194 Å². The smallest absolute Gasteiger partial charge is 0.210 e. The number of rotatable bonds is 4. The second kappa shape index (κ2) is 7.93. The van der Waals surface area contributed by atoms with Crippen LogP contribution >= 0.6 is 0 Å². The van der Waals surface area contributed by atoms with Crippen LogP contribution in [0.3, 0.4) is 0 Å². The first-order valence-corrected chi connectivity index (χ1v) is 10.7. The van der Waals surface area contributed by atoms with Gasteiger partial charge in [-0.05, 0) is 18.2 Å². The number of aromatic hydroxyl groups is 1. The summed E-state index contributed by atoms with van der Waals surface area (Å²) in [6.07, 6.45) is 2.99. The fraction of sp³-hybridized carbons (Fsp3) is 0.0385. The highest BCUT2D eigenvalue weighted by molar-refractivity contribution is 5.98. The molecule has 164 valence electrons. The molecule has 6 rings (SSSR count). The molecule has 0 aliphatic heterocycles. The average Bonchev–Trinajstić information content (AvgIpc) is 3.24. The van der Waals surface area contributed by atoms with E-state index in [1.165, 1.54) is 12.4 Å². The summed E-state index contributed by atoms with van der Waals surface area (Å²) in [7, 11) is 0. The van der Waals surface area contributed by atoms with E-state index in [-0.39, 0.29) is 5.88 Å². The maximum Gasteiger partial charge on any atom is 0.210 e. The Hall–Kier alpha value is -4.85. The van der Waals surface area contributed by atoms with Crippen LogP contribution in [0.15, 0.2) is 85.3 Å². The number of aromatic nitrogens is 6. The van der Waals surface area contributed by atoms with Gasteiger partial charge in [0.15, 0.2) is 5.65 Å². The first-order valence-electron chi connectivity index (χ1n) is 10.7. The highest BCUT2D eigenvalue weighted by Gasteiger charge is 2.19. The number of hydrogen-bond acceptors (Lipinski definition) is 7. The molecule has 8 nitrogen and oxygen atoms in total. The van der Waals surface area contributed by atoms with Crippen LogP contribution in [0.1, 0.15) is 5.56 Å². The SMILES string of the molecule is Nc1ncnc2c1c(-c1ccc(O)nc1)nn2Cc1cc2ccccc2nc1-c1ccccc1. The Morgan fingerprint density at radius 2 is 1.65 bits per heavy atom. The summed E-state index contributed by atoms with van der Waals surface area (Å²) in [5.74, 6) is 0.269.